The van der Waals surface area contributed by atoms with Crippen LogP contribution in [-0.2, 0) is 13.6 Å². The summed E-state index contributed by atoms with van der Waals surface area (Å²) in [5.41, 5.74) is 1.11. The van der Waals surface area contributed by atoms with Gasteiger partial charge in [0, 0.05) is 32.9 Å². The van der Waals surface area contributed by atoms with Crippen LogP contribution in [0.4, 0.5) is 0 Å². The van der Waals surface area contributed by atoms with Gasteiger partial charge in [0.25, 0.3) is 0 Å². The molecule has 0 aromatic carbocycles. The fourth-order valence-corrected chi connectivity index (χ4v) is 2.98. The van der Waals surface area contributed by atoms with E-state index in [1.807, 2.05) is 24.0 Å². The number of nitrogens with zero attached hydrogens (tertiary/aromatic N) is 4. The Morgan fingerprint density at radius 3 is 2.67 bits per heavy atom. The van der Waals surface area contributed by atoms with Crippen LogP contribution < -0.4 is 10.6 Å². The second-order valence-corrected chi connectivity index (χ2v) is 6.49. The van der Waals surface area contributed by atoms with Crippen LogP contribution in [0.3, 0.4) is 0 Å². The molecule has 1 aliphatic heterocycles. The molecule has 0 radical (unpaired) electrons. The van der Waals surface area contributed by atoms with E-state index in [9.17, 15) is 0 Å². The monoisotopic (exact) mass is 448 g/mol. The minimum absolute atomic E-state index is 0. The topological polar surface area (TPSA) is 57.5 Å². The van der Waals surface area contributed by atoms with E-state index in [0.29, 0.717) is 12.5 Å². The van der Waals surface area contributed by atoms with Crippen molar-refractivity contribution in [2.45, 2.75) is 39.7 Å². The van der Waals surface area contributed by atoms with Crippen molar-refractivity contribution in [1.29, 1.82) is 0 Å². The lowest BCUT2D eigenvalue weighted by Gasteiger charge is -2.29. The highest BCUT2D eigenvalue weighted by Crippen LogP contribution is 2.10. The van der Waals surface area contributed by atoms with Crippen LogP contribution in [0.25, 0.3) is 0 Å². The zero-order valence-electron chi connectivity index (χ0n) is 15.3. The maximum Gasteiger partial charge on any atom is 0.191 e. The summed E-state index contributed by atoms with van der Waals surface area (Å²) in [6.45, 7) is 10.6. The van der Waals surface area contributed by atoms with Gasteiger partial charge in [0.2, 0.25) is 0 Å². The molecule has 1 aromatic rings. The average Bonchev–Trinajstić information content (AvgIpc) is 2.96. The third-order valence-corrected chi connectivity index (χ3v) is 4.30. The molecule has 0 aliphatic carbocycles. The first-order chi connectivity index (χ1) is 11.2. The van der Waals surface area contributed by atoms with Crippen LogP contribution in [0.1, 0.15) is 38.8 Å². The number of piperidine rings is 1. The van der Waals surface area contributed by atoms with Gasteiger partial charge < -0.3 is 15.5 Å². The van der Waals surface area contributed by atoms with E-state index in [2.05, 4.69) is 39.5 Å². The van der Waals surface area contributed by atoms with Crippen LogP contribution in [0.15, 0.2) is 17.3 Å². The number of halogens is 1. The highest BCUT2D eigenvalue weighted by Gasteiger charge is 2.13. The number of rotatable bonds is 7. The van der Waals surface area contributed by atoms with E-state index in [4.69, 9.17) is 0 Å². The molecular formula is C17H33IN6. The summed E-state index contributed by atoms with van der Waals surface area (Å²) in [6, 6.07) is 2.01. The molecule has 1 fully saturated rings. The first-order valence-electron chi connectivity index (χ1n) is 8.90. The molecule has 1 aliphatic rings. The van der Waals surface area contributed by atoms with Crippen molar-refractivity contribution in [3.05, 3.63) is 18.0 Å². The third-order valence-electron chi connectivity index (χ3n) is 4.30. The summed E-state index contributed by atoms with van der Waals surface area (Å²) in [6.07, 6.45) is 5.92. The van der Waals surface area contributed by atoms with Gasteiger partial charge in [-0.1, -0.05) is 13.3 Å². The number of likely N-dealkylation sites (tertiary alicyclic amines) is 1. The molecule has 1 saturated heterocycles. The fourth-order valence-electron chi connectivity index (χ4n) is 2.98. The van der Waals surface area contributed by atoms with Crippen molar-refractivity contribution in [1.82, 2.24) is 25.3 Å². The Labute approximate surface area is 163 Å². The second-order valence-electron chi connectivity index (χ2n) is 6.49. The molecule has 0 saturated carbocycles. The van der Waals surface area contributed by atoms with Crippen molar-refractivity contribution in [2.24, 2.45) is 18.0 Å². The Kier molecular flexibility index (Phi) is 10.3. The van der Waals surface area contributed by atoms with E-state index in [1.165, 1.54) is 38.9 Å². The summed E-state index contributed by atoms with van der Waals surface area (Å²) in [7, 11) is 1.95. The zero-order chi connectivity index (χ0) is 16.5. The molecule has 1 aromatic heterocycles. The van der Waals surface area contributed by atoms with Gasteiger partial charge >= 0.3 is 0 Å². The molecule has 0 bridgehead atoms. The highest BCUT2D eigenvalue weighted by atomic mass is 127. The lowest BCUT2D eigenvalue weighted by molar-refractivity contribution is 0.201. The predicted molar refractivity (Wildman–Crippen MR) is 111 cm³/mol. The first-order valence-corrected chi connectivity index (χ1v) is 8.90. The van der Waals surface area contributed by atoms with Crippen molar-refractivity contribution in [3.8, 4) is 0 Å². The van der Waals surface area contributed by atoms with Gasteiger partial charge in [-0.15, -0.1) is 24.0 Å². The molecule has 6 nitrogen and oxygen atoms in total. The van der Waals surface area contributed by atoms with Crippen molar-refractivity contribution in [3.63, 3.8) is 0 Å². The molecule has 1 unspecified atom stereocenters. The van der Waals surface area contributed by atoms with Gasteiger partial charge in [-0.3, -0.25) is 4.68 Å². The van der Waals surface area contributed by atoms with Crippen LogP contribution >= 0.6 is 24.0 Å². The molecule has 2 heterocycles. The summed E-state index contributed by atoms with van der Waals surface area (Å²) < 4.78 is 1.87. The molecule has 138 valence electrons. The Morgan fingerprint density at radius 2 is 2.04 bits per heavy atom. The Balaban J connectivity index is 0.00000288. The quantitative estimate of drug-likeness (QED) is 0.382. The van der Waals surface area contributed by atoms with Crippen LogP contribution in [0.2, 0.25) is 0 Å². The van der Waals surface area contributed by atoms with E-state index >= 15 is 0 Å². The molecule has 0 amide bonds. The molecule has 7 heteroatoms. The number of aryl methyl sites for hydroxylation is 1. The number of aromatic nitrogens is 2. The van der Waals surface area contributed by atoms with Gasteiger partial charge in [-0.25, -0.2) is 4.99 Å². The van der Waals surface area contributed by atoms with E-state index in [0.717, 1.165) is 24.7 Å². The number of nitrogens with one attached hydrogen (secondary N) is 2. The van der Waals surface area contributed by atoms with Gasteiger partial charge in [-0.2, -0.15) is 5.10 Å². The number of hydrogen-bond donors (Lipinski definition) is 2. The first kappa shape index (κ1) is 21.2. The van der Waals surface area contributed by atoms with Gasteiger partial charge in [-0.05, 0) is 44.8 Å². The number of aliphatic imine (C=N–C) groups is 1. The fraction of sp³-hybridized carbons (Fsp3) is 0.765. The molecular weight excluding hydrogens is 415 g/mol. The van der Waals surface area contributed by atoms with Crippen molar-refractivity contribution < 1.29 is 0 Å². The standard InChI is InChI=1S/C17H32N6.HI/c1-4-18-17(20-13-16-8-9-21-22(16)3)19-12-15(2)14-23-10-6-5-7-11-23;/h8-9,15H,4-7,10-14H2,1-3H3,(H2,18,19,20);1H. The predicted octanol–water partition coefficient (Wildman–Crippen LogP) is 2.22. The highest BCUT2D eigenvalue weighted by molar-refractivity contribution is 14.0. The second kappa shape index (κ2) is 11.7. The average molecular weight is 448 g/mol. The molecule has 2 N–H and O–H groups in total. The summed E-state index contributed by atoms with van der Waals surface area (Å²) in [4.78, 5) is 7.25. The largest absolute Gasteiger partial charge is 0.357 e. The van der Waals surface area contributed by atoms with Gasteiger partial charge in [0.15, 0.2) is 5.96 Å². The summed E-state index contributed by atoms with van der Waals surface area (Å²) in [5, 5.41) is 11.0. The van der Waals surface area contributed by atoms with Crippen LogP contribution in [-0.4, -0.2) is 53.4 Å². The van der Waals surface area contributed by atoms with Crippen molar-refractivity contribution >= 4 is 29.9 Å². The normalized spacial score (nSPS) is 17.2. The molecule has 0 spiro atoms. The Bertz CT molecular complexity index is 481. The SMILES string of the molecule is CCNC(=NCc1ccnn1C)NCC(C)CN1CCCCC1.I. The maximum atomic E-state index is 4.66. The zero-order valence-corrected chi connectivity index (χ0v) is 17.6. The molecule has 2 rings (SSSR count). The molecule has 1 atom stereocenters. The molecule has 24 heavy (non-hydrogen) atoms. The van der Waals surface area contributed by atoms with Gasteiger partial charge in [0.05, 0.1) is 12.2 Å². The smallest absolute Gasteiger partial charge is 0.191 e. The summed E-state index contributed by atoms with van der Waals surface area (Å²) in [5.74, 6) is 1.51. The van der Waals surface area contributed by atoms with Gasteiger partial charge in [0.1, 0.15) is 0 Å². The minimum atomic E-state index is 0. The lowest BCUT2D eigenvalue weighted by atomic mass is 10.1. The van der Waals surface area contributed by atoms with Crippen LogP contribution in [0, 0.1) is 5.92 Å². The lowest BCUT2D eigenvalue weighted by Crippen LogP contribution is -2.42. The Hall–Kier alpha value is -0.830. The number of guanidine groups is 1. The van der Waals surface area contributed by atoms with E-state index < -0.39 is 0 Å². The maximum absolute atomic E-state index is 4.66. The van der Waals surface area contributed by atoms with Crippen molar-refractivity contribution in [2.75, 3.05) is 32.7 Å². The third kappa shape index (κ3) is 7.38. The number of hydrogen-bond acceptors (Lipinski definition) is 3. The Morgan fingerprint density at radius 1 is 1.29 bits per heavy atom. The summed E-state index contributed by atoms with van der Waals surface area (Å²) >= 11 is 0. The van der Waals surface area contributed by atoms with Crippen LogP contribution in [0.5, 0.6) is 0 Å². The minimum Gasteiger partial charge on any atom is -0.357 e. The van der Waals surface area contributed by atoms with E-state index in [1.54, 1.807) is 0 Å². The van der Waals surface area contributed by atoms with E-state index in [-0.39, 0.29) is 24.0 Å².